The molecule has 0 saturated heterocycles. The molecule has 1 aromatic heterocycles. The standard InChI is InChI=1S/C59H40N2S/c1-59(2)52-34-41(40-24-31-54-51(33-40)50-19-10-14-38-15-11-20-55(58(38)50)61(54)43-25-22-37-12-6-7-13-39(37)32-43)23-28-46(52)47-29-26-44(35-53(47)59)60(42-16-4-3-5-17-42)45-27-30-49-48-18-8-9-21-56(48)62-57(49)36-45/h3-36H,1-2H3. The largest absolute Gasteiger partial charge is 0.310 e. The van der Waals surface area contributed by atoms with E-state index in [2.05, 4.69) is 230 Å². The third-order valence-corrected chi connectivity index (χ3v) is 14.7. The van der Waals surface area contributed by atoms with Crippen molar-refractivity contribution in [3.05, 3.63) is 217 Å². The lowest BCUT2D eigenvalue weighted by Gasteiger charge is -2.34. The van der Waals surface area contributed by atoms with Crippen LogP contribution in [0.4, 0.5) is 34.1 Å². The van der Waals surface area contributed by atoms with Gasteiger partial charge in [-0.2, -0.15) is 0 Å². The fraction of sp³-hybridized carbons (Fsp3) is 0.0508. The molecule has 0 N–H and O–H groups in total. The van der Waals surface area contributed by atoms with E-state index in [0.29, 0.717) is 0 Å². The first-order chi connectivity index (χ1) is 30.5. The molecule has 2 heterocycles. The van der Waals surface area contributed by atoms with E-state index < -0.39 is 0 Å². The van der Waals surface area contributed by atoms with Crippen molar-refractivity contribution in [3.8, 4) is 33.4 Å². The smallest absolute Gasteiger partial charge is 0.0546 e. The Hall–Kier alpha value is -7.46. The second-order valence-corrected chi connectivity index (χ2v) is 18.4. The highest BCUT2D eigenvalue weighted by Crippen LogP contribution is 2.54. The summed E-state index contributed by atoms with van der Waals surface area (Å²) in [4.78, 5) is 4.88. The van der Waals surface area contributed by atoms with Crippen LogP contribution in [0.3, 0.4) is 0 Å². The molecule has 2 nitrogen and oxygen atoms in total. The third-order valence-electron chi connectivity index (χ3n) is 13.5. The minimum atomic E-state index is -0.208. The number of benzene rings is 10. The molecule has 0 unspecified atom stereocenters. The molecule has 292 valence electrons. The third kappa shape index (κ3) is 5.22. The van der Waals surface area contributed by atoms with E-state index in [1.807, 2.05) is 11.3 Å². The van der Waals surface area contributed by atoms with Crippen molar-refractivity contribution in [3.63, 3.8) is 0 Å². The molecule has 10 aromatic carbocycles. The molecule has 2 aliphatic rings. The van der Waals surface area contributed by atoms with Crippen molar-refractivity contribution in [1.82, 2.24) is 0 Å². The van der Waals surface area contributed by atoms with E-state index in [9.17, 15) is 0 Å². The zero-order valence-electron chi connectivity index (χ0n) is 34.4. The average Bonchev–Trinajstić information content (AvgIpc) is 3.80. The number of thiophene rings is 1. The van der Waals surface area contributed by atoms with Gasteiger partial charge in [-0.3, -0.25) is 0 Å². The highest BCUT2D eigenvalue weighted by Gasteiger charge is 2.37. The lowest BCUT2D eigenvalue weighted by atomic mass is 9.81. The van der Waals surface area contributed by atoms with Crippen LogP contribution in [0.25, 0.3) is 75.1 Å². The number of anilines is 6. The monoisotopic (exact) mass is 808 g/mol. The highest BCUT2D eigenvalue weighted by atomic mass is 32.1. The zero-order chi connectivity index (χ0) is 41.1. The van der Waals surface area contributed by atoms with Crippen molar-refractivity contribution in [2.45, 2.75) is 19.3 Å². The predicted octanol–water partition coefficient (Wildman–Crippen LogP) is 17.3. The first-order valence-corrected chi connectivity index (χ1v) is 22.3. The molecular weight excluding hydrogens is 769 g/mol. The minimum absolute atomic E-state index is 0.208. The van der Waals surface area contributed by atoms with Crippen LogP contribution >= 0.6 is 11.3 Å². The predicted molar refractivity (Wildman–Crippen MR) is 266 cm³/mol. The Bertz CT molecular complexity index is 3630. The maximum Gasteiger partial charge on any atom is 0.0546 e. The number of rotatable bonds is 5. The number of para-hydroxylation sites is 1. The van der Waals surface area contributed by atoms with E-state index in [1.165, 1.54) is 103 Å². The van der Waals surface area contributed by atoms with Gasteiger partial charge < -0.3 is 9.80 Å². The van der Waals surface area contributed by atoms with Gasteiger partial charge in [-0.15, -0.1) is 11.3 Å². The van der Waals surface area contributed by atoms with Crippen LogP contribution in [-0.2, 0) is 5.41 Å². The Morgan fingerprint density at radius 1 is 0.403 bits per heavy atom. The first-order valence-electron chi connectivity index (χ1n) is 21.5. The average molecular weight is 809 g/mol. The van der Waals surface area contributed by atoms with E-state index in [4.69, 9.17) is 0 Å². The molecular formula is C59H40N2S. The van der Waals surface area contributed by atoms with Crippen LogP contribution in [0, 0.1) is 0 Å². The van der Waals surface area contributed by atoms with Gasteiger partial charge in [0.2, 0.25) is 0 Å². The molecule has 0 radical (unpaired) electrons. The Morgan fingerprint density at radius 2 is 1.08 bits per heavy atom. The number of fused-ring (bicyclic) bond motifs is 9. The van der Waals surface area contributed by atoms with Gasteiger partial charge in [0.1, 0.15) is 0 Å². The summed E-state index contributed by atoms with van der Waals surface area (Å²) in [7, 11) is 0. The summed E-state index contributed by atoms with van der Waals surface area (Å²) in [6.45, 7) is 4.79. The molecule has 1 aliphatic heterocycles. The number of hydrogen-bond donors (Lipinski definition) is 0. The van der Waals surface area contributed by atoms with Gasteiger partial charge in [0.25, 0.3) is 0 Å². The Morgan fingerprint density at radius 3 is 1.97 bits per heavy atom. The van der Waals surface area contributed by atoms with Gasteiger partial charge in [0.15, 0.2) is 0 Å². The number of nitrogens with zero attached hydrogens (tertiary/aromatic N) is 2. The van der Waals surface area contributed by atoms with Gasteiger partial charge in [-0.25, -0.2) is 0 Å². The SMILES string of the molecule is CC1(C)c2cc(-c3ccc4c(c3)-c3cccc5cccc(c35)N4c3ccc4ccccc4c3)ccc2-c2ccc(N(c3ccccc3)c3ccc4c(c3)sc3ccccc34)cc21. The van der Waals surface area contributed by atoms with Gasteiger partial charge in [-0.05, 0) is 134 Å². The van der Waals surface area contributed by atoms with Crippen LogP contribution < -0.4 is 9.80 Å². The summed E-state index contributed by atoms with van der Waals surface area (Å²) in [5.74, 6) is 0. The van der Waals surface area contributed by atoms with E-state index in [-0.39, 0.29) is 5.41 Å². The van der Waals surface area contributed by atoms with Crippen molar-refractivity contribution in [1.29, 1.82) is 0 Å². The van der Waals surface area contributed by atoms with Crippen LogP contribution in [0.2, 0.25) is 0 Å². The quantitative estimate of drug-likeness (QED) is 0.171. The van der Waals surface area contributed by atoms with Crippen molar-refractivity contribution < 1.29 is 0 Å². The molecule has 0 spiro atoms. The molecule has 13 rings (SSSR count). The Labute approximate surface area is 365 Å². The number of hydrogen-bond acceptors (Lipinski definition) is 3. The summed E-state index contributed by atoms with van der Waals surface area (Å²) < 4.78 is 2.62. The summed E-state index contributed by atoms with van der Waals surface area (Å²) in [5, 5.41) is 7.67. The Balaban J connectivity index is 0.909. The van der Waals surface area contributed by atoms with Gasteiger partial charge >= 0.3 is 0 Å². The summed E-state index contributed by atoms with van der Waals surface area (Å²) in [6, 6.07) is 76.7. The normalized spacial score (nSPS) is 13.4. The second kappa shape index (κ2) is 13.3. The zero-order valence-corrected chi connectivity index (χ0v) is 35.2. The highest BCUT2D eigenvalue weighted by molar-refractivity contribution is 7.25. The molecule has 62 heavy (non-hydrogen) atoms. The van der Waals surface area contributed by atoms with Crippen molar-refractivity contribution in [2.75, 3.05) is 9.80 Å². The van der Waals surface area contributed by atoms with Gasteiger partial charge in [0, 0.05) is 59.3 Å². The van der Waals surface area contributed by atoms with E-state index in [0.717, 1.165) is 17.1 Å². The first kappa shape index (κ1) is 35.3. The van der Waals surface area contributed by atoms with Crippen LogP contribution in [0.1, 0.15) is 25.0 Å². The lowest BCUT2D eigenvalue weighted by Crippen LogP contribution is -2.16. The van der Waals surface area contributed by atoms with Crippen LogP contribution in [0.5, 0.6) is 0 Å². The molecule has 0 fully saturated rings. The fourth-order valence-electron chi connectivity index (χ4n) is 10.5. The van der Waals surface area contributed by atoms with Gasteiger partial charge in [-0.1, -0.05) is 141 Å². The fourth-order valence-corrected chi connectivity index (χ4v) is 11.6. The van der Waals surface area contributed by atoms with E-state index >= 15 is 0 Å². The lowest BCUT2D eigenvalue weighted by molar-refractivity contribution is 0.660. The topological polar surface area (TPSA) is 6.48 Å². The van der Waals surface area contributed by atoms with Crippen molar-refractivity contribution in [2.24, 2.45) is 0 Å². The summed E-state index contributed by atoms with van der Waals surface area (Å²) in [5.41, 5.74) is 17.2. The van der Waals surface area contributed by atoms with Crippen molar-refractivity contribution >= 4 is 87.2 Å². The van der Waals surface area contributed by atoms with Crippen LogP contribution in [-0.4, -0.2) is 0 Å². The van der Waals surface area contributed by atoms with Gasteiger partial charge in [0.05, 0.1) is 11.4 Å². The Kier molecular flexibility index (Phi) is 7.56. The summed E-state index contributed by atoms with van der Waals surface area (Å²) in [6.07, 6.45) is 0. The maximum absolute atomic E-state index is 2.46. The van der Waals surface area contributed by atoms with E-state index in [1.54, 1.807) is 0 Å². The molecule has 0 bridgehead atoms. The minimum Gasteiger partial charge on any atom is -0.310 e. The van der Waals surface area contributed by atoms with Crippen LogP contribution in [0.15, 0.2) is 206 Å². The molecule has 0 atom stereocenters. The molecule has 1 aliphatic carbocycles. The second-order valence-electron chi connectivity index (χ2n) is 17.3. The molecule has 3 heteroatoms. The molecule has 0 saturated carbocycles. The summed E-state index contributed by atoms with van der Waals surface area (Å²) >= 11 is 1.87. The molecule has 11 aromatic rings. The maximum atomic E-state index is 2.46. The molecule has 0 amide bonds.